The molecule has 178 valence electrons. The molecule has 0 radical (unpaired) electrons. The second-order valence-electron chi connectivity index (χ2n) is 7.84. The third-order valence-electron chi connectivity index (χ3n) is 4.48. The van der Waals surface area contributed by atoms with E-state index in [1.807, 2.05) is 20.8 Å². The third-order valence-corrected chi connectivity index (χ3v) is 10.9. The summed E-state index contributed by atoms with van der Waals surface area (Å²) in [5.41, 5.74) is -11.6. The molecule has 0 aromatic heterocycles. The lowest BCUT2D eigenvalue weighted by atomic mass is 10.2. The summed E-state index contributed by atoms with van der Waals surface area (Å²) in [7, 11) is -14.8. The minimum Gasteiger partial charge on any atom is -0.415 e. The van der Waals surface area contributed by atoms with Crippen LogP contribution >= 0.6 is 0 Å². The fraction of sp³-hybridized carbons (Fsp3) is 0.846. The first-order valence-corrected chi connectivity index (χ1v) is 13.9. The largest absolute Gasteiger partial charge is 0.534 e. The normalized spacial score (nSPS) is 19.8. The molecule has 0 N–H and O–H groups in total. The molecule has 1 atom stereocenters. The summed E-state index contributed by atoms with van der Waals surface area (Å²) < 4.78 is 134. The monoisotopic (exact) mass is 509 g/mol. The number of hydrogen-bond donors (Lipinski definition) is 0. The minimum atomic E-state index is -6.18. The molecule has 1 aliphatic rings. The predicted molar refractivity (Wildman–Crippen MR) is 93.6 cm³/mol. The first-order valence-electron chi connectivity index (χ1n) is 8.15. The van der Waals surface area contributed by atoms with E-state index in [-0.39, 0.29) is 10.1 Å². The van der Waals surface area contributed by atoms with Gasteiger partial charge in [0.15, 0.2) is 8.32 Å². The van der Waals surface area contributed by atoms with Gasteiger partial charge in [0.25, 0.3) is 0 Å². The Morgan fingerprint density at radius 2 is 1.47 bits per heavy atom. The summed E-state index contributed by atoms with van der Waals surface area (Å²) in [5, 5.41) is -0.293. The second-order valence-corrected chi connectivity index (χ2v) is 15.7. The molecule has 0 spiro atoms. The van der Waals surface area contributed by atoms with Crippen LogP contribution in [0, 0.1) is 0 Å². The molecule has 0 aromatic rings. The maximum atomic E-state index is 12.6. The summed E-state index contributed by atoms with van der Waals surface area (Å²) in [5.74, 6) is -0.964. The van der Waals surface area contributed by atoms with Gasteiger partial charge >= 0.3 is 31.3 Å². The van der Waals surface area contributed by atoms with Crippen LogP contribution in [-0.4, -0.2) is 53.9 Å². The zero-order valence-corrected chi connectivity index (χ0v) is 19.1. The first-order chi connectivity index (χ1) is 13.0. The maximum Gasteiger partial charge on any atom is 0.534 e. The van der Waals surface area contributed by atoms with E-state index in [0.717, 1.165) is 0 Å². The number of nitrogens with zero attached hydrogens (tertiary/aromatic N) is 1. The van der Waals surface area contributed by atoms with E-state index in [0.29, 0.717) is 6.20 Å². The quantitative estimate of drug-likeness (QED) is 0.222. The minimum absolute atomic E-state index is 0.0667. The lowest BCUT2D eigenvalue weighted by Crippen LogP contribution is -2.45. The number of halogens is 6. The molecule has 0 bridgehead atoms. The van der Waals surface area contributed by atoms with Gasteiger partial charge in [0.05, 0.1) is 18.8 Å². The number of alkyl halides is 6. The second kappa shape index (κ2) is 8.14. The number of hydroxylamine groups is 2. The highest BCUT2D eigenvalue weighted by Crippen LogP contribution is 2.38. The molecule has 0 saturated heterocycles. The predicted octanol–water partition coefficient (Wildman–Crippen LogP) is 3.57. The van der Waals surface area contributed by atoms with Crippen LogP contribution < -0.4 is 0 Å². The van der Waals surface area contributed by atoms with E-state index in [1.54, 1.807) is 13.1 Å². The summed E-state index contributed by atoms with van der Waals surface area (Å²) in [6.45, 7) is 8.56. The standard InChI is InChI=1S/C13H21F6NO7S2Si/c1-11(2,3)30(4,5)25-8-9-6-10(26-28(21,22)12(14,15)16)7-20(9)27-29(23,24)13(17,18)19/h7,9H,6,8H2,1-5H3. The van der Waals surface area contributed by atoms with Crippen LogP contribution in [0.5, 0.6) is 0 Å². The van der Waals surface area contributed by atoms with Gasteiger partial charge in [-0.1, -0.05) is 20.8 Å². The fourth-order valence-electron chi connectivity index (χ4n) is 1.76. The highest BCUT2D eigenvalue weighted by Gasteiger charge is 2.52. The number of rotatable bonds is 7. The smallest absolute Gasteiger partial charge is 0.415 e. The van der Waals surface area contributed by atoms with Crippen LogP contribution in [-0.2, 0) is 33.1 Å². The molecule has 1 aliphatic heterocycles. The SMILES string of the molecule is CC(C)(C)[Si](C)(C)OCC1CC(OS(=O)(=O)C(F)(F)F)=CN1OS(=O)(=O)C(F)(F)F. The van der Waals surface area contributed by atoms with Crippen molar-refractivity contribution >= 4 is 28.6 Å². The zero-order chi connectivity index (χ0) is 24.0. The van der Waals surface area contributed by atoms with Gasteiger partial charge in [-0.3, -0.25) is 0 Å². The van der Waals surface area contributed by atoms with Crippen LogP contribution in [0.15, 0.2) is 12.0 Å². The molecule has 1 heterocycles. The van der Waals surface area contributed by atoms with Gasteiger partial charge in [0.1, 0.15) is 5.76 Å². The molecule has 30 heavy (non-hydrogen) atoms. The van der Waals surface area contributed by atoms with Crippen LogP contribution in [0.25, 0.3) is 0 Å². The summed E-state index contributed by atoms with van der Waals surface area (Å²) >= 11 is 0. The number of hydrogen-bond acceptors (Lipinski definition) is 8. The average molecular weight is 510 g/mol. The van der Waals surface area contributed by atoms with Crippen molar-refractivity contribution in [3.8, 4) is 0 Å². The topological polar surface area (TPSA) is 99.2 Å². The molecule has 17 heteroatoms. The Kier molecular flexibility index (Phi) is 7.32. The Labute approximate surface area is 171 Å². The fourth-order valence-corrected chi connectivity index (χ4v) is 3.76. The average Bonchev–Trinajstić information content (AvgIpc) is 2.81. The van der Waals surface area contributed by atoms with E-state index in [1.165, 1.54) is 0 Å². The van der Waals surface area contributed by atoms with Crippen molar-refractivity contribution in [1.82, 2.24) is 5.06 Å². The Morgan fingerprint density at radius 1 is 1.00 bits per heavy atom. The van der Waals surface area contributed by atoms with Crippen molar-refractivity contribution < 1.29 is 56.1 Å². The van der Waals surface area contributed by atoms with Crippen molar-refractivity contribution in [2.75, 3.05) is 6.61 Å². The molecule has 1 unspecified atom stereocenters. The van der Waals surface area contributed by atoms with Gasteiger partial charge in [-0.15, -0.1) is 4.28 Å². The van der Waals surface area contributed by atoms with Crippen LogP contribution in [0.3, 0.4) is 0 Å². The highest BCUT2D eigenvalue weighted by molar-refractivity contribution is 7.87. The van der Waals surface area contributed by atoms with E-state index in [9.17, 15) is 43.2 Å². The molecular weight excluding hydrogens is 488 g/mol. The van der Waals surface area contributed by atoms with Gasteiger partial charge in [-0.25, -0.2) is 5.06 Å². The molecule has 0 fully saturated rings. The van der Waals surface area contributed by atoms with Crippen molar-refractivity contribution in [3.05, 3.63) is 12.0 Å². The zero-order valence-electron chi connectivity index (χ0n) is 16.5. The maximum absolute atomic E-state index is 12.6. The van der Waals surface area contributed by atoms with E-state index in [2.05, 4.69) is 8.47 Å². The lowest BCUT2D eigenvalue weighted by molar-refractivity contribution is -0.0962. The van der Waals surface area contributed by atoms with Crippen LogP contribution in [0.2, 0.25) is 18.1 Å². The Hall–Kier alpha value is -1.04. The molecule has 1 rings (SSSR count). The van der Waals surface area contributed by atoms with Gasteiger partial charge in [-0.2, -0.15) is 43.2 Å². The molecule has 0 aromatic carbocycles. The van der Waals surface area contributed by atoms with Crippen molar-refractivity contribution in [2.24, 2.45) is 0 Å². The van der Waals surface area contributed by atoms with Gasteiger partial charge in [0, 0.05) is 6.42 Å². The lowest BCUT2D eigenvalue weighted by Gasteiger charge is -2.37. The van der Waals surface area contributed by atoms with E-state index < -0.39 is 64.4 Å². The highest BCUT2D eigenvalue weighted by atomic mass is 32.2. The van der Waals surface area contributed by atoms with Crippen molar-refractivity contribution in [3.63, 3.8) is 0 Å². The summed E-state index contributed by atoms with van der Waals surface area (Å²) in [4.78, 5) is 0. The molecule has 0 aliphatic carbocycles. The Bertz CT molecular complexity index is 875. The molecule has 0 amide bonds. The van der Waals surface area contributed by atoms with E-state index >= 15 is 0 Å². The van der Waals surface area contributed by atoms with Crippen molar-refractivity contribution in [1.29, 1.82) is 0 Å². The molecule has 8 nitrogen and oxygen atoms in total. The third kappa shape index (κ3) is 6.24. The Morgan fingerprint density at radius 3 is 1.87 bits per heavy atom. The summed E-state index contributed by atoms with van der Waals surface area (Å²) in [6.07, 6.45) is -0.413. The van der Waals surface area contributed by atoms with Crippen LogP contribution in [0.4, 0.5) is 26.3 Å². The molecule has 0 saturated carbocycles. The van der Waals surface area contributed by atoms with Crippen LogP contribution in [0.1, 0.15) is 27.2 Å². The van der Waals surface area contributed by atoms with Crippen molar-refractivity contribution in [2.45, 2.75) is 62.4 Å². The summed E-state index contributed by atoms with van der Waals surface area (Å²) in [6, 6.07) is -1.39. The van der Waals surface area contributed by atoms with Gasteiger partial charge in [-0.05, 0) is 18.1 Å². The van der Waals surface area contributed by atoms with E-state index in [4.69, 9.17) is 4.43 Å². The van der Waals surface area contributed by atoms with Gasteiger partial charge < -0.3 is 8.61 Å². The Balaban J connectivity index is 3.15. The molecular formula is C13H21F6NO7S2Si. The first kappa shape index (κ1) is 27.0. The van der Waals surface area contributed by atoms with Gasteiger partial charge in [0.2, 0.25) is 0 Å².